The first-order chi connectivity index (χ1) is 9.59. The fourth-order valence-corrected chi connectivity index (χ4v) is 5.48. The molecule has 3 rings (SSSR count). The molecule has 3 nitrogen and oxygen atoms in total. The topological polar surface area (TPSA) is 37.4 Å². The first kappa shape index (κ1) is 13.8. The van der Waals surface area contributed by atoms with E-state index in [1.165, 1.54) is 16.9 Å². The second-order valence-corrected chi connectivity index (χ2v) is 8.18. The van der Waals surface area contributed by atoms with Gasteiger partial charge < -0.3 is 0 Å². The molecule has 0 aliphatic carbocycles. The molecular formula is C15H17NO2S2. The van der Waals surface area contributed by atoms with Crippen LogP contribution in [-0.4, -0.2) is 19.3 Å². The van der Waals surface area contributed by atoms with Crippen LogP contribution in [-0.2, 0) is 10.0 Å². The van der Waals surface area contributed by atoms with Crippen molar-refractivity contribution in [2.75, 3.05) is 6.54 Å². The van der Waals surface area contributed by atoms with Gasteiger partial charge in [0.25, 0.3) is 10.0 Å². The maximum absolute atomic E-state index is 12.7. The minimum atomic E-state index is -3.35. The van der Waals surface area contributed by atoms with Crippen LogP contribution in [0.2, 0.25) is 0 Å². The zero-order chi connectivity index (χ0) is 14.2. The molecule has 1 aromatic heterocycles. The lowest BCUT2D eigenvalue weighted by Gasteiger charge is -2.23. The monoisotopic (exact) mass is 307 g/mol. The van der Waals surface area contributed by atoms with E-state index in [0.29, 0.717) is 10.8 Å². The average molecular weight is 307 g/mol. The number of thiophene rings is 1. The van der Waals surface area contributed by atoms with Crippen LogP contribution in [0.3, 0.4) is 0 Å². The van der Waals surface area contributed by atoms with E-state index in [2.05, 4.69) is 0 Å². The first-order valence-electron chi connectivity index (χ1n) is 6.71. The van der Waals surface area contributed by atoms with Crippen LogP contribution in [0.1, 0.15) is 30.0 Å². The molecule has 1 aliphatic heterocycles. The van der Waals surface area contributed by atoms with Gasteiger partial charge in [-0.05, 0) is 36.8 Å². The molecule has 1 fully saturated rings. The van der Waals surface area contributed by atoms with E-state index in [1.807, 2.05) is 36.6 Å². The summed E-state index contributed by atoms with van der Waals surface area (Å²) in [6.07, 6.45) is 1.82. The van der Waals surface area contributed by atoms with Crippen LogP contribution >= 0.6 is 11.3 Å². The Balaban J connectivity index is 1.95. The number of rotatable bonds is 3. The lowest BCUT2D eigenvalue weighted by molar-refractivity contribution is 0.398. The number of benzene rings is 1. The second-order valence-electron chi connectivity index (χ2n) is 5.12. The second kappa shape index (κ2) is 5.31. The molecular weight excluding hydrogens is 290 g/mol. The number of hydrogen-bond donors (Lipinski definition) is 0. The maximum atomic E-state index is 12.7. The van der Waals surface area contributed by atoms with Crippen LogP contribution in [0.5, 0.6) is 0 Å². The molecule has 0 radical (unpaired) electrons. The van der Waals surface area contributed by atoms with Gasteiger partial charge in [0, 0.05) is 6.54 Å². The van der Waals surface area contributed by atoms with Gasteiger partial charge in [-0.25, -0.2) is 8.42 Å². The lowest BCUT2D eigenvalue weighted by Crippen LogP contribution is -2.30. The third kappa shape index (κ3) is 2.41. The van der Waals surface area contributed by atoms with Gasteiger partial charge in [-0.15, -0.1) is 11.3 Å². The Bertz CT molecular complexity index is 675. The van der Waals surface area contributed by atoms with Crippen molar-refractivity contribution < 1.29 is 8.42 Å². The molecule has 0 bridgehead atoms. The molecule has 2 heterocycles. The standard InChI is InChI=1S/C15H17NO2S2/c1-12-6-8-13(9-7-12)14-4-2-10-16(14)20(17,18)15-5-3-11-19-15/h3,5-9,11,14H,2,4,10H2,1H3. The van der Waals surface area contributed by atoms with Crippen molar-refractivity contribution in [1.82, 2.24) is 4.31 Å². The summed E-state index contributed by atoms with van der Waals surface area (Å²) in [5, 5.41) is 1.81. The molecule has 106 valence electrons. The molecule has 1 unspecified atom stereocenters. The van der Waals surface area contributed by atoms with Gasteiger partial charge in [0.15, 0.2) is 0 Å². The highest BCUT2D eigenvalue weighted by Crippen LogP contribution is 2.37. The Hall–Kier alpha value is -1.17. The van der Waals surface area contributed by atoms with E-state index in [4.69, 9.17) is 0 Å². The van der Waals surface area contributed by atoms with Crippen LogP contribution in [0.15, 0.2) is 46.0 Å². The summed E-state index contributed by atoms with van der Waals surface area (Å²) < 4.78 is 27.5. The summed E-state index contributed by atoms with van der Waals surface area (Å²) in [5.74, 6) is 0. The smallest absolute Gasteiger partial charge is 0.206 e. The Morgan fingerprint density at radius 1 is 1.20 bits per heavy atom. The van der Waals surface area contributed by atoms with E-state index >= 15 is 0 Å². The van der Waals surface area contributed by atoms with Gasteiger partial charge in [-0.1, -0.05) is 35.9 Å². The molecule has 1 atom stereocenters. The largest absolute Gasteiger partial charge is 0.253 e. The molecule has 0 N–H and O–H groups in total. The first-order valence-corrected chi connectivity index (χ1v) is 9.03. The lowest BCUT2D eigenvalue weighted by atomic mass is 10.0. The summed E-state index contributed by atoms with van der Waals surface area (Å²) in [5.41, 5.74) is 2.28. The van der Waals surface area contributed by atoms with Crippen molar-refractivity contribution >= 4 is 21.4 Å². The predicted molar refractivity (Wildman–Crippen MR) is 81.4 cm³/mol. The molecule has 1 aromatic carbocycles. The van der Waals surface area contributed by atoms with E-state index in [0.717, 1.165) is 18.4 Å². The van der Waals surface area contributed by atoms with Gasteiger partial charge in [0.1, 0.15) is 4.21 Å². The molecule has 0 spiro atoms. The average Bonchev–Trinajstić information content (AvgIpc) is 3.11. The Morgan fingerprint density at radius 3 is 2.60 bits per heavy atom. The normalized spacial score (nSPS) is 20.4. The third-order valence-electron chi connectivity index (χ3n) is 3.72. The third-order valence-corrected chi connectivity index (χ3v) is 7.01. The van der Waals surface area contributed by atoms with Crippen LogP contribution in [0, 0.1) is 6.92 Å². The van der Waals surface area contributed by atoms with Gasteiger partial charge in [-0.3, -0.25) is 0 Å². The fraction of sp³-hybridized carbons (Fsp3) is 0.333. The SMILES string of the molecule is Cc1ccc(C2CCCN2S(=O)(=O)c2cccs2)cc1. The highest BCUT2D eigenvalue weighted by atomic mass is 32.2. The van der Waals surface area contributed by atoms with Crippen molar-refractivity contribution in [3.8, 4) is 0 Å². The minimum absolute atomic E-state index is 0.0253. The Kier molecular flexibility index (Phi) is 3.67. The molecule has 20 heavy (non-hydrogen) atoms. The Labute approximate surface area is 123 Å². The zero-order valence-corrected chi connectivity index (χ0v) is 13.0. The summed E-state index contributed by atoms with van der Waals surface area (Å²) >= 11 is 1.29. The van der Waals surface area contributed by atoms with Crippen LogP contribution < -0.4 is 0 Å². The number of hydrogen-bond acceptors (Lipinski definition) is 3. The number of nitrogens with zero attached hydrogens (tertiary/aromatic N) is 1. The minimum Gasteiger partial charge on any atom is -0.206 e. The molecule has 0 amide bonds. The molecule has 2 aromatic rings. The summed E-state index contributed by atoms with van der Waals surface area (Å²) in [6.45, 7) is 2.65. The quantitative estimate of drug-likeness (QED) is 0.869. The molecule has 0 saturated carbocycles. The fourth-order valence-electron chi connectivity index (χ4n) is 2.68. The van der Waals surface area contributed by atoms with Crippen LogP contribution in [0.25, 0.3) is 0 Å². The zero-order valence-electron chi connectivity index (χ0n) is 11.3. The van der Waals surface area contributed by atoms with E-state index in [9.17, 15) is 8.42 Å². The summed E-state index contributed by atoms with van der Waals surface area (Å²) in [4.78, 5) is 0. The van der Waals surface area contributed by atoms with Crippen molar-refractivity contribution in [2.24, 2.45) is 0 Å². The molecule has 1 aliphatic rings. The highest BCUT2D eigenvalue weighted by molar-refractivity contribution is 7.91. The Morgan fingerprint density at radius 2 is 1.95 bits per heavy atom. The van der Waals surface area contributed by atoms with Gasteiger partial charge in [-0.2, -0.15) is 4.31 Å². The van der Waals surface area contributed by atoms with Crippen molar-refractivity contribution in [3.05, 3.63) is 52.9 Å². The van der Waals surface area contributed by atoms with Gasteiger partial charge >= 0.3 is 0 Å². The number of sulfonamides is 1. The van der Waals surface area contributed by atoms with Crippen LogP contribution in [0.4, 0.5) is 0 Å². The van der Waals surface area contributed by atoms with Crippen molar-refractivity contribution in [3.63, 3.8) is 0 Å². The predicted octanol–water partition coefficient (Wildman–Crippen LogP) is 3.58. The maximum Gasteiger partial charge on any atom is 0.253 e. The van der Waals surface area contributed by atoms with E-state index in [-0.39, 0.29) is 6.04 Å². The number of aryl methyl sites for hydroxylation is 1. The van der Waals surface area contributed by atoms with Gasteiger partial charge in [0.05, 0.1) is 6.04 Å². The van der Waals surface area contributed by atoms with Crippen molar-refractivity contribution in [2.45, 2.75) is 30.0 Å². The van der Waals surface area contributed by atoms with Gasteiger partial charge in [0.2, 0.25) is 0 Å². The van der Waals surface area contributed by atoms with Crippen molar-refractivity contribution in [1.29, 1.82) is 0 Å². The highest BCUT2D eigenvalue weighted by Gasteiger charge is 2.36. The molecule has 1 saturated heterocycles. The van der Waals surface area contributed by atoms with E-state index in [1.54, 1.807) is 16.4 Å². The van der Waals surface area contributed by atoms with E-state index < -0.39 is 10.0 Å². The summed E-state index contributed by atoms with van der Waals surface area (Å²) in [6, 6.07) is 11.6. The summed E-state index contributed by atoms with van der Waals surface area (Å²) in [7, 11) is -3.35. The molecule has 5 heteroatoms.